The van der Waals surface area contributed by atoms with E-state index in [0.717, 1.165) is 24.4 Å². The lowest BCUT2D eigenvalue weighted by atomic mass is 10.1. The first kappa shape index (κ1) is 21.5. The van der Waals surface area contributed by atoms with Crippen LogP contribution in [0.3, 0.4) is 0 Å². The summed E-state index contributed by atoms with van der Waals surface area (Å²) in [5, 5.41) is 0. The van der Waals surface area contributed by atoms with Crippen LogP contribution in [0.1, 0.15) is 95.6 Å². The third-order valence-electron chi connectivity index (χ3n) is 5.15. The predicted octanol–water partition coefficient (Wildman–Crippen LogP) is 6.95. The van der Waals surface area contributed by atoms with E-state index in [0.29, 0.717) is 0 Å². The molecule has 0 aliphatic heterocycles. The van der Waals surface area contributed by atoms with Crippen molar-refractivity contribution in [3.05, 3.63) is 41.9 Å². The third kappa shape index (κ3) is 8.64. The average Bonchev–Trinajstić information content (AvgIpc) is 2.71. The fourth-order valence-electron chi connectivity index (χ4n) is 3.36. The molecule has 0 aromatic carbocycles. The van der Waals surface area contributed by atoms with Crippen LogP contribution in [0.15, 0.2) is 30.7 Å². The van der Waals surface area contributed by atoms with E-state index < -0.39 is 0 Å². The van der Waals surface area contributed by atoms with Crippen LogP contribution in [-0.4, -0.2) is 15.0 Å². The lowest BCUT2D eigenvalue weighted by Crippen LogP contribution is -1.96. The Bertz CT molecular complexity index is 605. The van der Waals surface area contributed by atoms with E-state index in [9.17, 15) is 0 Å². The number of hydrogen-bond donors (Lipinski definition) is 0. The predicted molar refractivity (Wildman–Crippen MR) is 115 cm³/mol. The van der Waals surface area contributed by atoms with Gasteiger partial charge in [-0.2, -0.15) is 0 Å². The largest absolute Gasteiger partial charge is 0.253 e. The maximum atomic E-state index is 4.58. The van der Waals surface area contributed by atoms with Gasteiger partial charge in [0.05, 0.1) is 0 Å². The van der Waals surface area contributed by atoms with Crippen molar-refractivity contribution in [1.29, 1.82) is 0 Å². The maximum Gasteiger partial charge on any atom is 0.178 e. The van der Waals surface area contributed by atoms with Crippen LogP contribution in [0.2, 0.25) is 0 Å². The highest BCUT2D eigenvalue weighted by Gasteiger charge is 2.04. The van der Waals surface area contributed by atoms with Crippen molar-refractivity contribution in [1.82, 2.24) is 15.0 Å². The van der Waals surface area contributed by atoms with Crippen molar-refractivity contribution in [2.75, 3.05) is 0 Å². The Morgan fingerprint density at radius 1 is 0.556 bits per heavy atom. The second-order valence-corrected chi connectivity index (χ2v) is 7.65. The molecular formula is C24H37N3. The van der Waals surface area contributed by atoms with Crippen LogP contribution >= 0.6 is 0 Å². The summed E-state index contributed by atoms with van der Waals surface area (Å²) in [6.45, 7) is 4.51. The minimum atomic E-state index is 0.732. The number of nitrogens with zero attached hydrogens (tertiary/aromatic N) is 3. The Labute approximate surface area is 166 Å². The Morgan fingerprint density at radius 3 is 1.63 bits per heavy atom. The van der Waals surface area contributed by atoms with Crippen LogP contribution in [-0.2, 0) is 12.8 Å². The zero-order valence-corrected chi connectivity index (χ0v) is 17.4. The van der Waals surface area contributed by atoms with Crippen LogP contribution in [0.4, 0.5) is 0 Å². The van der Waals surface area contributed by atoms with Crippen LogP contribution in [0, 0.1) is 0 Å². The molecule has 0 spiro atoms. The van der Waals surface area contributed by atoms with Crippen molar-refractivity contribution >= 4 is 0 Å². The second kappa shape index (κ2) is 13.4. The number of rotatable bonds is 14. The Morgan fingerprint density at radius 2 is 1.07 bits per heavy atom. The van der Waals surface area contributed by atoms with Gasteiger partial charge in [-0.15, -0.1) is 0 Å². The van der Waals surface area contributed by atoms with Crippen molar-refractivity contribution in [2.45, 2.75) is 97.3 Å². The molecule has 0 saturated carbocycles. The number of pyridine rings is 1. The molecular weight excluding hydrogens is 330 g/mol. The smallest absolute Gasteiger partial charge is 0.178 e. The van der Waals surface area contributed by atoms with Crippen LogP contribution in [0.25, 0.3) is 11.5 Å². The standard InChI is InChI=1S/C24H37N3/c1-3-5-7-9-11-12-14-21-16-17-23(25-18-21)24-26-19-22(20-27-24)15-13-10-8-6-4-2/h16-20H,3-15H2,1-2H3. The molecule has 0 radical (unpaired) electrons. The van der Waals surface area contributed by atoms with E-state index in [4.69, 9.17) is 0 Å². The van der Waals surface area contributed by atoms with E-state index in [-0.39, 0.29) is 0 Å². The van der Waals surface area contributed by atoms with Crippen molar-refractivity contribution in [3.8, 4) is 11.5 Å². The van der Waals surface area contributed by atoms with Gasteiger partial charge in [-0.3, -0.25) is 4.98 Å². The first-order chi connectivity index (χ1) is 13.3. The van der Waals surface area contributed by atoms with Crippen molar-refractivity contribution in [3.63, 3.8) is 0 Å². The minimum absolute atomic E-state index is 0.732. The van der Waals surface area contributed by atoms with E-state index in [1.54, 1.807) is 0 Å². The third-order valence-corrected chi connectivity index (χ3v) is 5.15. The molecule has 0 bridgehead atoms. The Kier molecular flexibility index (Phi) is 10.7. The minimum Gasteiger partial charge on any atom is -0.253 e. The summed E-state index contributed by atoms with van der Waals surface area (Å²) in [7, 11) is 0. The molecule has 2 heterocycles. The van der Waals surface area contributed by atoms with Gasteiger partial charge in [-0.05, 0) is 42.9 Å². The first-order valence-corrected chi connectivity index (χ1v) is 11.1. The van der Waals surface area contributed by atoms with E-state index in [1.165, 1.54) is 81.8 Å². The lowest BCUT2D eigenvalue weighted by molar-refractivity contribution is 0.607. The monoisotopic (exact) mass is 367 g/mol. The highest BCUT2D eigenvalue weighted by Crippen LogP contribution is 2.15. The Balaban J connectivity index is 1.74. The molecule has 2 rings (SSSR count). The topological polar surface area (TPSA) is 38.7 Å². The number of aryl methyl sites for hydroxylation is 2. The lowest BCUT2D eigenvalue weighted by Gasteiger charge is -2.05. The fourth-order valence-corrected chi connectivity index (χ4v) is 3.36. The van der Waals surface area contributed by atoms with Gasteiger partial charge in [0, 0.05) is 18.6 Å². The molecule has 0 saturated heterocycles. The summed E-state index contributed by atoms with van der Waals surface area (Å²) >= 11 is 0. The van der Waals surface area contributed by atoms with E-state index >= 15 is 0 Å². The van der Waals surface area contributed by atoms with E-state index in [1.807, 2.05) is 18.6 Å². The molecule has 3 nitrogen and oxygen atoms in total. The number of aromatic nitrogens is 3. The summed E-state index contributed by atoms with van der Waals surface area (Å²) in [4.78, 5) is 13.6. The molecule has 0 atom stereocenters. The van der Waals surface area contributed by atoms with Gasteiger partial charge in [0.1, 0.15) is 5.69 Å². The van der Waals surface area contributed by atoms with Gasteiger partial charge in [0.25, 0.3) is 0 Å². The van der Waals surface area contributed by atoms with Gasteiger partial charge < -0.3 is 0 Å². The number of unbranched alkanes of at least 4 members (excludes halogenated alkanes) is 9. The summed E-state index contributed by atoms with van der Waals surface area (Å²) < 4.78 is 0. The second-order valence-electron chi connectivity index (χ2n) is 7.65. The molecule has 148 valence electrons. The molecule has 0 aliphatic rings. The molecule has 0 amide bonds. The fraction of sp³-hybridized carbons (Fsp3) is 0.625. The summed E-state index contributed by atoms with van der Waals surface area (Å²) in [5.41, 5.74) is 3.42. The average molecular weight is 368 g/mol. The quantitative estimate of drug-likeness (QED) is 0.339. The van der Waals surface area contributed by atoms with E-state index in [2.05, 4.69) is 40.9 Å². The molecule has 0 unspecified atom stereocenters. The SMILES string of the molecule is CCCCCCCCc1ccc(-c2ncc(CCCCCCC)cn2)nc1. The summed E-state index contributed by atoms with van der Waals surface area (Å²) in [5.74, 6) is 0.732. The van der Waals surface area contributed by atoms with Crippen LogP contribution < -0.4 is 0 Å². The molecule has 3 heteroatoms. The van der Waals surface area contributed by atoms with Gasteiger partial charge >= 0.3 is 0 Å². The zero-order chi connectivity index (χ0) is 19.2. The van der Waals surface area contributed by atoms with Gasteiger partial charge in [-0.25, -0.2) is 9.97 Å². The van der Waals surface area contributed by atoms with Crippen LogP contribution in [0.5, 0.6) is 0 Å². The number of hydrogen-bond acceptors (Lipinski definition) is 3. The molecule has 0 N–H and O–H groups in total. The van der Waals surface area contributed by atoms with Gasteiger partial charge in [0.15, 0.2) is 5.82 Å². The molecule has 27 heavy (non-hydrogen) atoms. The normalized spacial score (nSPS) is 11.0. The molecule has 2 aromatic heterocycles. The molecule has 0 aliphatic carbocycles. The molecule has 0 fully saturated rings. The maximum absolute atomic E-state index is 4.58. The van der Waals surface area contributed by atoms with Gasteiger partial charge in [0.2, 0.25) is 0 Å². The first-order valence-electron chi connectivity index (χ1n) is 11.1. The Hall–Kier alpha value is -1.77. The zero-order valence-electron chi connectivity index (χ0n) is 17.4. The van der Waals surface area contributed by atoms with Crippen molar-refractivity contribution < 1.29 is 0 Å². The highest BCUT2D eigenvalue weighted by molar-refractivity contribution is 5.48. The van der Waals surface area contributed by atoms with Gasteiger partial charge in [-0.1, -0.05) is 77.7 Å². The highest BCUT2D eigenvalue weighted by atomic mass is 14.9. The summed E-state index contributed by atoms with van der Waals surface area (Å²) in [6, 6.07) is 4.24. The van der Waals surface area contributed by atoms with Crippen molar-refractivity contribution in [2.24, 2.45) is 0 Å². The summed E-state index contributed by atoms with van der Waals surface area (Å²) in [6.07, 6.45) is 22.6. The molecule has 2 aromatic rings.